The molecule has 0 bridgehead atoms. The number of hydrazine groups is 1. The summed E-state index contributed by atoms with van der Waals surface area (Å²) in [6.07, 6.45) is 1.56. The normalized spacial score (nSPS) is 10.0. The van der Waals surface area contributed by atoms with E-state index in [9.17, 15) is 4.79 Å². The number of carbonyl (C=O) groups is 1. The predicted octanol–water partition coefficient (Wildman–Crippen LogP) is 1.95. The van der Waals surface area contributed by atoms with Gasteiger partial charge in [-0.3, -0.25) is 4.79 Å². The molecule has 2 rings (SSSR count). The van der Waals surface area contributed by atoms with E-state index >= 15 is 0 Å². The number of hydrogen-bond donors (Lipinski definition) is 3. The molecule has 19 heavy (non-hydrogen) atoms. The molecule has 0 unspecified atom stereocenters. The third-order valence-electron chi connectivity index (χ3n) is 2.53. The number of nitrogen functional groups attached to an aromatic ring is 1. The first-order valence-corrected chi connectivity index (χ1v) is 6.03. The Hall–Kier alpha value is -2.11. The molecule has 6 heteroatoms. The van der Waals surface area contributed by atoms with Crippen LogP contribution in [0, 0.1) is 0 Å². The Morgan fingerprint density at radius 1 is 1.32 bits per heavy atom. The first-order valence-electron chi connectivity index (χ1n) is 5.65. The standard InChI is InChI=1S/C13H13ClN4O/c14-10-4-1-3-9(7-10)8-17-13(19)11-5-2-6-16-12(11)18-15/h1-7H,8,15H2,(H,16,18)(H,17,19). The van der Waals surface area contributed by atoms with Gasteiger partial charge in [-0.1, -0.05) is 23.7 Å². The zero-order valence-electron chi connectivity index (χ0n) is 10.1. The van der Waals surface area contributed by atoms with Gasteiger partial charge in [0.05, 0.1) is 5.56 Å². The highest BCUT2D eigenvalue weighted by Crippen LogP contribution is 2.12. The van der Waals surface area contributed by atoms with Crippen LogP contribution >= 0.6 is 11.6 Å². The van der Waals surface area contributed by atoms with Crippen molar-refractivity contribution in [2.75, 3.05) is 5.43 Å². The van der Waals surface area contributed by atoms with Crippen LogP contribution in [-0.2, 0) is 6.54 Å². The van der Waals surface area contributed by atoms with E-state index in [1.165, 1.54) is 0 Å². The van der Waals surface area contributed by atoms with E-state index in [2.05, 4.69) is 15.7 Å². The molecule has 0 fully saturated rings. The van der Waals surface area contributed by atoms with E-state index in [4.69, 9.17) is 17.4 Å². The maximum absolute atomic E-state index is 12.0. The largest absolute Gasteiger partial charge is 0.348 e. The molecular weight excluding hydrogens is 264 g/mol. The second kappa shape index (κ2) is 6.17. The topological polar surface area (TPSA) is 80.0 Å². The number of nitrogens with one attached hydrogen (secondary N) is 2. The maximum Gasteiger partial charge on any atom is 0.255 e. The van der Waals surface area contributed by atoms with Gasteiger partial charge in [0.25, 0.3) is 5.91 Å². The third-order valence-corrected chi connectivity index (χ3v) is 2.77. The summed E-state index contributed by atoms with van der Waals surface area (Å²) in [6, 6.07) is 10.6. The van der Waals surface area contributed by atoms with Crippen LogP contribution in [0.1, 0.15) is 15.9 Å². The van der Waals surface area contributed by atoms with Crippen molar-refractivity contribution in [3.8, 4) is 0 Å². The first kappa shape index (κ1) is 13.3. The number of hydrogen-bond acceptors (Lipinski definition) is 4. The van der Waals surface area contributed by atoms with Crippen LogP contribution in [-0.4, -0.2) is 10.9 Å². The van der Waals surface area contributed by atoms with E-state index in [-0.39, 0.29) is 5.91 Å². The lowest BCUT2D eigenvalue weighted by Crippen LogP contribution is -2.25. The van der Waals surface area contributed by atoms with E-state index in [0.29, 0.717) is 22.9 Å². The van der Waals surface area contributed by atoms with Crippen molar-refractivity contribution in [1.29, 1.82) is 0 Å². The van der Waals surface area contributed by atoms with Gasteiger partial charge in [-0.05, 0) is 29.8 Å². The van der Waals surface area contributed by atoms with Gasteiger partial charge in [0, 0.05) is 17.8 Å². The molecule has 0 aliphatic heterocycles. The average Bonchev–Trinajstić information content (AvgIpc) is 2.45. The monoisotopic (exact) mass is 276 g/mol. The molecule has 0 spiro atoms. The summed E-state index contributed by atoms with van der Waals surface area (Å²) in [5, 5.41) is 3.42. The van der Waals surface area contributed by atoms with Gasteiger partial charge >= 0.3 is 0 Å². The highest BCUT2D eigenvalue weighted by atomic mass is 35.5. The Bertz CT molecular complexity index is 588. The van der Waals surface area contributed by atoms with Crippen molar-refractivity contribution in [2.45, 2.75) is 6.54 Å². The fourth-order valence-corrected chi connectivity index (χ4v) is 1.84. The minimum absolute atomic E-state index is 0.249. The number of pyridine rings is 1. The fourth-order valence-electron chi connectivity index (χ4n) is 1.63. The van der Waals surface area contributed by atoms with Crippen molar-refractivity contribution in [1.82, 2.24) is 10.3 Å². The van der Waals surface area contributed by atoms with Gasteiger partial charge in [0.1, 0.15) is 0 Å². The molecule has 0 aliphatic rings. The van der Waals surface area contributed by atoms with Crippen LogP contribution in [0.3, 0.4) is 0 Å². The molecule has 1 aromatic heterocycles. The number of rotatable bonds is 4. The molecule has 0 saturated carbocycles. The summed E-state index contributed by atoms with van der Waals surface area (Å²) in [5.41, 5.74) is 3.71. The third kappa shape index (κ3) is 3.43. The summed E-state index contributed by atoms with van der Waals surface area (Å²) in [5.74, 6) is 5.40. The molecule has 0 aliphatic carbocycles. The van der Waals surface area contributed by atoms with E-state index < -0.39 is 0 Å². The molecular formula is C13H13ClN4O. The molecule has 4 N–H and O–H groups in total. The maximum atomic E-state index is 12.0. The molecule has 0 radical (unpaired) electrons. The first-order chi connectivity index (χ1) is 9.20. The van der Waals surface area contributed by atoms with Crippen LogP contribution in [0.15, 0.2) is 42.6 Å². The Labute approximate surface area is 115 Å². The Balaban J connectivity index is 2.05. The van der Waals surface area contributed by atoms with Gasteiger partial charge in [0.2, 0.25) is 0 Å². The zero-order valence-corrected chi connectivity index (χ0v) is 10.8. The predicted molar refractivity (Wildman–Crippen MR) is 74.7 cm³/mol. The Morgan fingerprint density at radius 2 is 2.16 bits per heavy atom. The summed E-state index contributed by atoms with van der Waals surface area (Å²) in [7, 11) is 0. The smallest absolute Gasteiger partial charge is 0.255 e. The second-order valence-electron chi connectivity index (χ2n) is 3.86. The SMILES string of the molecule is NNc1ncccc1C(=O)NCc1cccc(Cl)c1. The lowest BCUT2D eigenvalue weighted by molar-refractivity contribution is 0.0951. The van der Waals surface area contributed by atoms with Crippen molar-refractivity contribution in [3.05, 3.63) is 58.7 Å². The van der Waals surface area contributed by atoms with E-state index in [1.807, 2.05) is 12.1 Å². The van der Waals surface area contributed by atoms with Crippen molar-refractivity contribution < 1.29 is 4.79 Å². The molecule has 98 valence electrons. The highest BCUT2D eigenvalue weighted by molar-refractivity contribution is 6.30. The van der Waals surface area contributed by atoms with Crippen LogP contribution in [0.25, 0.3) is 0 Å². The van der Waals surface area contributed by atoms with Gasteiger partial charge in [-0.2, -0.15) is 0 Å². The number of nitrogens with zero attached hydrogens (tertiary/aromatic N) is 1. The molecule has 1 aromatic carbocycles. The summed E-state index contributed by atoms with van der Waals surface area (Å²) in [6.45, 7) is 0.387. The Morgan fingerprint density at radius 3 is 2.89 bits per heavy atom. The van der Waals surface area contributed by atoms with Gasteiger partial charge in [-0.25, -0.2) is 10.8 Å². The number of anilines is 1. The summed E-state index contributed by atoms with van der Waals surface area (Å²) >= 11 is 5.88. The minimum Gasteiger partial charge on any atom is -0.348 e. The van der Waals surface area contributed by atoms with Gasteiger partial charge in [0.15, 0.2) is 5.82 Å². The number of benzene rings is 1. The van der Waals surface area contributed by atoms with Crippen molar-refractivity contribution in [2.24, 2.45) is 5.84 Å². The number of carbonyl (C=O) groups excluding carboxylic acids is 1. The molecule has 2 aromatic rings. The number of amides is 1. The molecule has 0 atom stereocenters. The average molecular weight is 277 g/mol. The van der Waals surface area contributed by atoms with Gasteiger partial charge in [-0.15, -0.1) is 0 Å². The highest BCUT2D eigenvalue weighted by Gasteiger charge is 2.10. The second-order valence-corrected chi connectivity index (χ2v) is 4.29. The number of nitrogens with two attached hydrogens (primary N) is 1. The molecule has 1 amide bonds. The van der Waals surface area contributed by atoms with Gasteiger partial charge < -0.3 is 10.7 Å². The quantitative estimate of drug-likeness (QED) is 0.589. The molecule has 0 saturated heterocycles. The number of halogens is 1. The molecule has 1 heterocycles. The Kier molecular flexibility index (Phi) is 4.33. The van der Waals surface area contributed by atoms with E-state index in [1.54, 1.807) is 30.5 Å². The molecule has 5 nitrogen and oxygen atoms in total. The fraction of sp³-hybridized carbons (Fsp3) is 0.0769. The minimum atomic E-state index is -0.249. The summed E-state index contributed by atoms with van der Waals surface area (Å²) in [4.78, 5) is 16.0. The van der Waals surface area contributed by atoms with Crippen molar-refractivity contribution in [3.63, 3.8) is 0 Å². The lowest BCUT2D eigenvalue weighted by Gasteiger charge is -2.08. The van der Waals surface area contributed by atoms with E-state index in [0.717, 1.165) is 5.56 Å². The summed E-state index contributed by atoms with van der Waals surface area (Å²) < 4.78 is 0. The number of aromatic nitrogens is 1. The van der Waals surface area contributed by atoms with Crippen LogP contribution in [0.2, 0.25) is 5.02 Å². The van der Waals surface area contributed by atoms with Crippen molar-refractivity contribution >= 4 is 23.3 Å². The van der Waals surface area contributed by atoms with Crippen LogP contribution < -0.4 is 16.6 Å². The zero-order chi connectivity index (χ0) is 13.7. The van der Waals surface area contributed by atoms with Crippen LogP contribution in [0.4, 0.5) is 5.82 Å². The van der Waals surface area contributed by atoms with Crippen LogP contribution in [0.5, 0.6) is 0 Å². The lowest BCUT2D eigenvalue weighted by atomic mass is 10.2.